The van der Waals surface area contributed by atoms with Crippen LogP contribution in [-0.2, 0) is 18.7 Å². The first-order chi connectivity index (χ1) is 14.7. The Morgan fingerprint density at radius 2 is 1.94 bits per heavy atom. The number of allylic oxidation sites excluding steroid dienone is 2. The lowest BCUT2D eigenvalue weighted by atomic mass is 9.68. The van der Waals surface area contributed by atoms with Gasteiger partial charge in [0.2, 0.25) is 0 Å². The first kappa shape index (κ1) is 25.7. The quantitative estimate of drug-likeness (QED) is 0.330. The van der Waals surface area contributed by atoms with Gasteiger partial charge in [-0.15, -0.1) is 0 Å². The largest absolute Gasteiger partial charge is 0.459 e. The molecule has 3 aliphatic rings. The average molecular weight is 465 g/mol. The van der Waals surface area contributed by atoms with Gasteiger partial charge in [0, 0.05) is 25.4 Å². The molecule has 1 N–H and O–H groups in total. The van der Waals surface area contributed by atoms with E-state index in [1.165, 1.54) is 18.1 Å². The fourth-order valence-corrected chi connectivity index (χ4v) is 8.07. The molecule has 0 aliphatic heterocycles. The van der Waals surface area contributed by atoms with Gasteiger partial charge in [-0.2, -0.15) is 0 Å². The topological polar surface area (TPSA) is 65.0 Å². The summed E-state index contributed by atoms with van der Waals surface area (Å²) in [5.74, 6) is 0.170. The number of fused-ring (bicyclic) bond motifs is 2. The third-order valence-corrected chi connectivity index (χ3v) is 8.77. The second-order valence-electron chi connectivity index (χ2n) is 11.8. The van der Waals surface area contributed by atoms with E-state index in [1.807, 2.05) is 0 Å². The van der Waals surface area contributed by atoms with Gasteiger partial charge in [0.15, 0.2) is 8.32 Å². The molecule has 0 heterocycles. The van der Waals surface area contributed by atoms with Gasteiger partial charge in [-0.1, -0.05) is 39.3 Å². The lowest BCUT2D eigenvalue weighted by Gasteiger charge is -2.44. The lowest BCUT2D eigenvalue weighted by molar-refractivity contribution is -0.156. The Hall–Kier alpha value is -0.953. The van der Waals surface area contributed by atoms with Crippen LogP contribution in [0.4, 0.5) is 0 Å². The lowest BCUT2D eigenvalue weighted by Crippen LogP contribution is -2.49. The van der Waals surface area contributed by atoms with Crippen molar-refractivity contribution in [3.63, 3.8) is 0 Å². The molecule has 0 unspecified atom stereocenters. The summed E-state index contributed by atoms with van der Waals surface area (Å²) >= 11 is 0. The van der Waals surface area contributed by atoms with Gasteiger partial charge in [0.1, 0.15) is 17.8 Å². The number of methoxy groups -OCH3 is 1. The fourth-order valence-electron chi connectivity index (χ4n) is 6.62. The van der Waals surface area contributed by atoms with Crippen LogP contribution >= 0.6 is 0 Å². The van der Waals surface area contributed by atoms with Crippen LogP contribution < -0.4 is 0 Å². The van der Waals surface area contributed by atoms with Crippen molar-refractivity contribution in [1.29, 1.82) is 0 Å². The van der Waals surface area contributed by atoms with Crippen LogP contribution in [-0.4, -0.2) is 50.9 Å². The molecule has 3 rings (SSSR count). The summed E-state index contributed by atoms with van der Waals surface area (Å²) in [5.41, 5.74) is 2.93. The van der Waals surface area contributed by atoms with Gasteiger partial charge in [0.25, 0.3) is 0 Å². The standard InChI is InChI=1S/C26H44O5Si/c1-16(2)19-10-12-25(5)14-21-20(11-13-26(21,15-29-6)31-32(7,8)9)17(3)24(30-18(4)27)23(28)22(19)25/h14,16-17,20,23-24,28H,10-13,15H2,1-9H3/b21-14+/t17-,20+,23-,24-,25-,26+/m1/s1. The smallest absolute Gasteiger partial charge is 0.303 e. The van der Waals surface area contributed by atoms with Crippen molar-refractivity contribution >= 4 is 14.3 Å². The molecule has 0 saturated heterocycles. The minimum atomic E-state index is -1.87. The minimum Gasteiger partial charge on any atom is -0.459 e. The zero-order valence-electron chi connectivity index (χ0n) is 21.6. The zero-order chi connectivity index (χ0) is 24.1. The number of aliphatic hydroxyl groups is 1. The molecule has 0 bridgehead atoms. The molecule has 1 saturated carbocycles. The average Bonchev–Trinajstić information content (AvgIpc) is 3.15. The first-order valence-electron chi connectivity index (χ1n) is 12.3. The summed E-state index contributed by atoms with van der Waals surface area (Å²) in [7, 11) is -0.122. The Morgan fingerprint density at radius 3 is 2.47 bits per heavy atom. The summed E-state index contributed by atoms with van der Waals surface area (Å²) in [6.07, 6.45) is 4.83. The van der Waals surface area contributed by atoms with Crippen LogP contribution in [0.1, 0.15) is 60.3 Å². The number of esters is 1. The van der Waals surface area contributed by atoms with Crippen molar-refractivity contribution < 1.29 is 23.8 Å². The number of hydrogen-bond acceptors (Lipinski definition) is 5. The molecule has 0 aromatic carbocycles. The first-order valence-corrected chi connectivity index (χ1v) is 15.7. The predicted octanol–water partition coefficient (Wildman–Crippen LogP) is 5.25. The summed E-state index contributed by atoms with van der Waals surface area (Å²) in [5, 5.41) is 11.7. The minimum absolute atomic E-state index is 0.0184. The van der Waals surface area contributed by atoms with Gasteiger partial charge < -0.3 is 19.0 Å². The SMILES string of the molecule is COC[C@@]1(O[Si](C)(C)C)CC[C@@H]2/C1=C\[C@@]1(C)CCC(C(C)C)=C1[C@@H](O)[C@H](OC(C)=O)[C@@H]2C. The molecule has 0 aromatic heterocycles. The van der Waals surface area contributed by atoms with Crippen LogP contribution in [0.3, 0.4) is 0 Å². The van der Waals surface area contributed by atoms with Crippen LogP contribution in [0.15, 0.2) is 22.8 Å². The van der Waals surface area contributed by atoms with Gasteiger partial charge in [-0.25, -0.2) is 0 Å². The predicted molar refractivity (Wildman–Crippen MR) is 130 cm³/mol. The van der Waals surface area contributed by atoms with Crippen molar-refractivity contribution in [1.82, 2.24) is 0 Å². The van der Waals surface area contributed by atoms with Gasteiger partial charge in [0.05, 0.1) is 6.61 Å². The highest BCUT2D eigenvalue weighted by atomic mass is 28.4. The number of rotatable bonds is 6. The Morgan fingerprint density at radius 1 is 1.28 bits per heavy atom. The van der Waals surface area contributed by atoms with Crippen molar-refractivity contribution in [2.75, 3.05) is 13.7 Å². The monoisotopic (exact) mass is 464 g/mol. The number of ether oxygens (including phenoxy) is 2. The van der Waals surface area contributed by atoms with Gasteiger partial charge in [-0.05, 0) is 68.3 Å². The molecule has 1 fully saturated rings. The van der Waals surface area contributed by atoms with Crippen molar-refractivity contribution in [3.05, 3.63) is 22.8 Å². The molecule has 0 amide bonds. The molecule has 0 radical (unpaired) electrons. The highest BCUT2D eigenvalue weighted by Gasteiger charge is 2.55. The summed E-state index contributed by atoms with van der Waals surface area (Å²) in [6.45, 7) is 17.4. The Balaban J connectivity index is 2.24. The summed E-state index contributed by atoms with van der Waals surface area (Å²) in [4.78, 5) is 12.1. The Labute approximate surface area is 195 Å². The van der Waals surface area contributed by atoms with E-state index < -0.39 is 26.1 Å². The molecule has 5 nitrogen and oxygen atoms in total. The van der Waals surface area contributed by atoms with Crippen LogP contribution in [0.25, 0.3) is 0 Å². The molecular weight excluding hydrogens is 420 g/mol. The highest BCUT2D eigenvalue weighted by molar-refractivity contribution is 6.69. The third-order valence-electron chi connectivity index (χ3n) is 7.77. The van der Waals surface area contributed by atoms with Crippen LogP contribution in [0, 0.1) is 23.2 Å². The molecule has 0 spiro atoms. The molecule has 0 aromatic rings. The third kappa shape index (κ3) is 4.66. The van der Waals surface area contributed by atoms with E-state index in [2.05, 4.69) is 53.4 Å². The van der Waals surface area contributed by atoms with E-state index >= 15 is 0 Å². The maximum absolute atomic E-state index is 12.1. The van der Waals surface area contributed by atoms with Crippen LogP contribution in [0.5, 0.6) is 0 Å². The molecule has 6 heteroatoms. The molecule has 3 aliphatic carbocycles. The van der Waals surface area contributed by atoms with Crippen molar-refractivity contribution in [2.45, 2.75) is 97.8 Å². The Kier molecular flexibility index (Phi) is 7.23. The molecular formula is C26H44O5Si. The number of carbonyl (C=O) groups is 1. The maximum atomic E-state index is 12.1. The van der Waals surface area contributed by atoms with Crippen molar-refractivity contribution in [3.8, 4) is 0 Å². The van der Waals surface area contributed by atoms with Crippen molar-refractivity contribution in [2.24, 2.45) is 23.2 Å². The second kappa shape index (κ2) is 9.01. The normalized spacial score (nSPS) is 39.3. The zero-order valence-corrected chi connectivity index (χ0v) is 22.6. The van der Waals surface area contributed by atoms with Gasteiger partial charge in [-0.3, -0.25) is 4.79 Å². The van der Waals surface area contributed by atoms with Gasteiger partial charge >= 0.3 is 5.97 Å². The van der Waals surface area contributed by atoms with E-state index in [9.17, 15) is 9.90 Å². The number of carbonyl (C=O) groups excluding carboxylic acids is 1. The Bertz CT molecular complexity index is 795. The highest BCUT2D eigenvalue weighted by Crippen LogP contribution is 2.57. The maximum Gasteiger partial charge on any atom is 0.303 e. The molecule has 32 heavy (non-hydrogen) atoms. The summed E-state index contributed by atoms with van der Waals surface area (Å²) < 4.78 is 18.5. The van der Waals surface area contributed by atoms with E-state index in [4.69, 9.17) is 13.9 Å². The van der Waals surface area contributed by atoms with E-state index in [-0.39, 0.29) is 23.2 Å². The molecule has 182 valence electrons. The molecule has 6 atom stereocenters. The van der Waals surface area contributed by atoms with Crippen LogP contribution in [0.2, 0.25) is 19.6 Å². The van der Waals surface area contributed by atoms with E-state index in [1.54, 1.807) is 7.11 Å². The van der Waals surface area contributed by atoms with E-state index in [0.29, 0.717) is 12.5 Å². The second-order valence-corrected chi connectivity index (χ2v) is 16.2. The summed E-state index contributed by atoms with van der Waals surface area (Å²) in [6, 6.07) is 0. The fraction of sp³-hybridized carbons (Fsp3) is 0.808. The van der Waals surface area contributed by atoms with E-state index in [0.717, 1.165) is 31.3 Å². The number of hydrogen-bond donors (Lipinski definition) is 1. The number of aliphatic hydroxyl groups excluding tert-OH is 1.